The van der Waals surface area contributed by atoms with Gasteiger partial charge in [0.15, 0.2) is 0 Å². The molecule has 1 aromatic heterocycles. The maximum Gasteiger partial charge on any atom is 0.0849 e. The number of aromatic nitrogens is 2. The van der Waals surface area contributed by atoms with Gasteiger partial charge in [0.1, 0.15) is 0 Å². The Labute approximate surface area is 125 Å². The van der Waals surface area contributed by atoms with Crippen LogP contribution in [0.3, 0.4) is 0 Å². The van der Waals surface area contributed by atoms with Crippen LogP contribution < -0.4 is 0 Å². The monoisotopic (exact) mass is 340 g/mol. The molecule has 2 rings (SSSR count). The summed E-state index contributed by atoms with van der Waals surface area (Å²) in [5, 5.41) is 19.0. The van der Waals surface area contributed by atoms with Gasteiger partial charge >= 0.3 is 0 Å². The van der Waals surface area contributed by atoms with Crippen molar-refractivity contribution in [2.75, 3.05) is 0 Å². The van der Waals surface area contributed by atoms with E-state index in [9.17, 15) is 5.11 Å². The van der Waals surface area contributed by atoms with Crippen LogP contribution in [-0.2, 0) is 6.42 Å². The number of halogens is 2. The first-order valence-electron chi connectivity index (χ1n) is 5.90. The summed E-state index contributed by atoms with van der Waals surface area (Å²) in [7, 11) is 0. The van der Waals surface area contributed by atoms with Crippen LogP contribution in [0, 0.1) is 13.8 Å². The van der Waals surface area contributed by atoms with Crippen LogP contribution in [0.2, 0.25) is 5.02 Å². The van der Waals surface area contributed by atoms with Gasteiger partial charge in [-0.2, -0.15) is 10.2 Å². The molecule has 1 unspecified atom stereocenters. The van der Waals surface area contributed by atoms with E-state index < -0.39 is 6.10 Å². The van der Waals surface area contributed by atoms with E-state index in [-0.39, 0.29) is 0 Å². The Morgan fingerprint density at radius 2 is 2.00 bits per heavy atom. The zero-order valence-electron chi connectivity index (χ0n) is 10.7. The van der Waals surface area contributed by atoms with Gasteiger partial charge in [0, 0.05) is 21.5 Å². The number of benzene rings is 1. The van der Waals surface area contributed by atoms with E-state index in [1.165, 1.54) is 0 Å². The summed E-state index contributed by atoms with van der Waals surface area (Å²) in [6, 6.07) is 7.51. The maximum atomic E-state index is 10.3. The van der Waals surface area contributed by atoms with Crippen molar-refractivity contribution in [2.24, 2.45) is 0 Å². The molecule has 0 spiro atoms. The number of rotatable bonds is 3. The van der Waals surface area contributed by atoms with Crippen molar-refractivity contribution in [2.45, 2.75) is 26.4 Å². The van der Waals surface area contributed by atoms with E-state index in [1.54, 1.807) is 0 Å². The van der Waals surface area contributed by atoms with Crippen LogP contribution in [-0.4, -0.2) is 15.3 Å². The molecule has 0 aliphatic carbocycles. The minimum atomic E-state index is -0.632. The molecule has 1 N–H and O–H groups in total. The van der Waals surface area contributed by atoms with Crippen LogP contribution in [0.5, 0.6) is 0 Å². The Morgan fingerprint density at radius 1 is 1.26 bits per heavy atom. The molecule has 19 heavy (non-hydrogen) atoms. The minimum Gasteiger partial charge on any atom is -0.388 e. The Kier molecular flexibility index (Phi) is 4.55. The first-order chi connectivity index (χ1) is 8.97. The number of aliphatic hydroxyl groups excluding tert-OH is 1. The molecule has 0 saturated heterocycles. The molecule has 2 aromatic rings. The zero-order valence-corrected chi connectivity index (χ0v) is 13.0. The van der Waals surface area contributed by atoms with Crippen molar-refractivity contribution in [3.63, 3.8) is 0 Å². The number of aliphatic hydroxyl groups is 1. The highest BCUT2D eigenvalue weighted by atomic mass is 79.9. The van der Waals surface area contributed by atoms with Gasteiger partial charge in [-0.1, -0.05) is 33.6 Å². The van der Waals surface area contributed by atoms with Gasteiger partial charge in [-0.05, 0) is 37.6 Å². The molecule has 3 nitrogen and oxygen atoms in total. The molecular weight excluding hydrogens is 328 g/mol. The molecule has 0 fully saturated rings. The number of nitrogens with zero attached hydrogens (tertiary/aromatic N) is 2. The van der Waals surface area contributed by atoms with Crippen molar-refractivity contribution < 1.29 is 5.11 Å². The molecule has 0 saturated carbocycles. The fourth-order valence-electron chi connectivity index (χ4n) is 1.91. The van der Waals surface area contributed by atoms with Crippen molar-refractivity contribution in [3.8, 4) is 0 Å². The fourth-order valence-corrected chi connectivity index (χ4v) is 2.66. The topological polar surface area (TPSA) is 46.0 Å². The highest BCUT2D eigenvalue weighted by Gasteiger charge is 2.14. The van der Waals surface area contributed by atoms with Gasteiger partial charge in [-0.25, -0.2) is 0 Å². The Bertz CT molecular complexity index is 604. The molecule has 1 aromatic carbocycles. The van der Waals surface area contributed by atoms with Crippen molar-refractivity contribution in [1.29, 1.82) is 0 Å². The normalized spacial score (nSPS) is 12.5. The second-order valence-electron chi connectivity index (χ2n) is 4.48. The second kappa shape index (κ2) is 5.99. The predicted octanol–water partition coefficient (Wildman–Crippen LogP) is 3.79. The first kappa shape index (κ1) is 14.4. The third-order valence-corrected chi connectivity index (χ3v) is 3.77. The van der Waals surface area contributed by atoms with Gasteiger partial charge < -0.3 is 5.11 Å². The summed E-state index contributed by atoms with van der Waals surface area (Å²) in [6.07, 6.45) is -0.175. The molecule has 0 amide bonds. The van der Waals surface area contributed by atoms with E-state index in [0.29, 0.717) is 11.4 Å². The number of hydrogen-bond donors (Lipinski definition) is 1. The van der Waals surface area contributed by atoms with E-state index in [1.807, 2.05) is 38.1 Å². The average molecular weight is 342 g/mol. The van der Waals surface area contributed by atoms with Crippen LogP contribution in [0.4, 0.5) is 0 Å². The maximum absolute atomic E-state index is 10.3. The summed E-state index contributed by atoms with van der Waals surface area (Å²) in [5.74, 6) is 0. The van der Waals surface area contributed by atoms with Gasteiger partial charge in [0.05, 0.1) is 17.5 Å². The van der Waals surface area contributed by atoms with Crippen LogP contribution >= 0.6 is 27.5 Å². The van der Waals surface area contributed by atoms with Crippen LogP contribution in [0.25, 0.3) is 0 Å². The van der Waals surface area contributed by atoms with Gasteiger partial charge in [0.2, 0.25) is 0 Å². The summed E-state index contributed by atoms with van der Waals surface area (Å²) < 4.78 is 0.924. The molecule has 0 aliphatic rings. The van der Waals surface area contributed by atoms with Crippen molar-refractivity contribution >= 4 is 27.5 Å². The SMILES string of the molecule is Cc1cc(C(O)Cc2ccc(Br)cc2Cl)c(C)nn1. The summed E-state index contributed by atoms with van der Waals surface area (Å²) in [4.78, 5) is 0. The second-order valence-corrected chi connectivity index (χ2v) is 5.81. The molecule has 5 heteroatoms. The average Bonchev–Trinajstić information content (AvgIpc) is 2.35. The lowest BCUT2D eigenvalue weighted by atomic mass is 10.0. The first-order valence-corrected chi connectivity index (χ1v) is 7.07. The molecule has 0 radical (unpaired) electrons. The van der Waals surface area contributed by atoms with Gasteiger partial charge in [-0.15, -0.1) is 0 Å². The predicted molar refractivity (Wildman–Crippen MR) is 79.3 cm³/mol. The Morgan fingerprint density at radius 3 is 2.68 bits per heavy atom. The van der Waals surface area contributed by atoms with Crippen molar-refractivity contribution in [1.82, 2.24) is 10.2 Å². The summed E-state index contributed by atoms with van der Waals surface area (Å²) in [5.41, 5.74) is 3.24. The highest BCUT2D eigenvalue weighted by molar-refractivity contribution is 9.10. The van der Waals surface area contributed by atoms with Crippen LogP contribution in [0.1, 0.15) is 28.6 Å². The van der Waals surface area contributed by atoms with E-state index in [0.717, 1.165) is 27.0 Å². The molecule has 0 bridgehead atoms. The summed E-state index contributed by atoms with van der Waals surface area (Å²) in [6.45, 7) is 3.70. The van der Waals surface area contributed by atoms with Crippen molar-refractivity contribution in [3.05, 3.63) is 56.3 Å². The standard InChI is InChI=1S/C14H14BrClN2O/c1-8-5-12(9(2)18-17-8)14(19)6-10-3-4-11(15)7-13(10)16/h3-5,7,14,19H,6H2,1-2H3. The quantitative estimate of drug-likeness (QED) is 0.924. The number of aryl methyl sites for hydroxylation is 2. The van der Waals surface area contributed by atoms with E-state index >= 15 is 0 Å². The minimum absolute atomic E-state index is 0.456. The lowest BCUT2D eigenvalue weighted by Crippen LogP contribution is -2.07. The fraction of sp³-hybridized carbons (Fsp3) is 0.286. The lowest BCUT2D eigenvalue weighted by molar-refractivity contribution is 0.177. The Hall–Kier alpha value is -0.970. The molecule has 0 aliphatic heterocycles. The molecule has 1 atom stereocenters. The largest absolute Gasteiger partial charge is 0.388 e. The molecule has 1 heterocycles. The van der Waals surface area contributed by atoms with Gasteiger partial charge in [-0.3, -0.25) is 0 Å². The van der Waals surface area contributed by atoms with E-state index in [4.69, 9.17) is 11.6 Å². The zero-order chi connectivity index (χ0) is 14.0. The van der Waals surface area contributed by atoms with E-state index in [2.05, 4.69) is 26.1 Å². The number of hydrogen-bond acceptors (Lipinski definition) is 3. The summed E-state index contributed by atoms with van der Waals surface area (Å²) >= 11 is 9.53. The smallest absolute Gasteiger partial charge is 0.0849 e. The van der Waals surface area contributed by atoms with Crippen LogP contribution in [0.15, 0.2) is 28.7 Å². The molecular formula is C14H14BrClN2O. The third kappa shape index (κ3) is 3.53. The third-order valence-electron chi connectivity index (χ3n) is 2.93. The molecule has 100 valence electrons. The van der Waals surface area contributed by atoms with Gasteiger partial charge in [0.25, 0.3) is 0 Å². The lowest BCUT2D eigenvalue weighted by Gasteiger charge is -2.14. The Balaban J connectivity index is 2.25. The highest BCUT2D eigenvalue weighted by Crippen LogP contribution is 2.27.